The van der Waals surface area contributed by atoms with E-state index in [9.17, 15) is 13.6 Å². The van der Waals surface area contributed by atoms with Gasteiger partial charge in [0.15, 0.2) is 0 Å². The molecule has 7 heteroatoms. The van der Waals surface area contributed by atoms with E-state index < -0.39 is 30.8 Å². The lowest BCUT2D eigenvalue weighted by atomic mass is 10.1. The fourth-order valence-electron chi connectivity index (χ4n) is 2.72. The minimum Gasteiger partial charge on any atom is -0.497 e. The Morgan fingerprint density at radius 2 is 2.00 bits per heavy atom. The molecule has 0 radical (unpaired) electrons. The first kappa shape index (κ1) is 18.4. The van der Waals surface area contributed by atoms with Crippen LogP contribution in [0.2, 0.25) is 0 Å². The van der Waals surface area contributed by atoms with Gasteiger partial charge in [-0.2, -0.15) is 0 Å². The lowest BCUT2D eigenvalue weighted by Crippen LogP contribution is -2.40. The third-order valence-corrected chi connectivity index (χ3v) is 4.00. The van der Waals surface area contributed by atoms with Gasteiger partial charge in [0.2, 0.25) is 5.91 Å². The maximum absolute atomic E-state index is 13.1. The molecule has 24 heavy (non-hydrogen) atoms. The van der Waals surface area contributed by atoms with Gasteiger partial charge in [-0.25, -0.2) is 8.78 Å². The summed E-state index contributed by atoms with van der Waals surface area (Å²) in [6, 6.07) is 10.7. The summed E-state index contributed by atoms with van der Waals surface area (Å²) in [5.41, 5.74) is 0.917. The molecule has 2 aromatic rings. The number of alkyl halides is 2. The maximum Gasteiger partial charge on any atom is 0.262 e. The summed E-state index contributed by atoms with van der Waals surface area (Å²) in [4.78, 5) is 11.9. The zero-order valence-electron chi connectivity index (χ0n) is 13.1. The number of halogens is 3. The van der Waals surface area contributed by atoms with Crippen molar-refractivity contribution in [1.82, 2.24) is 10.6 Å². The van der Waals surface area contributed by atoms with Crippen molar-refractivity contribution in [1.29, 1.82) is 0 Å². The van der Waals surface area contributed by atoms with Crippen LogP contribution in [0.1, 0.15) is 12.0 Å². The first-order valence-electron chi connectivity index (χ1n) is 7.42. The minimum atomic E-state index is -2.80. The van der Waals surface area contributed by atoms with Crippen molar-refractivity contribution in [2.24, 2.45) is 0 Å². The van der Waals surface area contributed by atoms with E-state index in [-0.39, 0.29) is 12.4 Å². The highest BCUT2D eigenvalue weighted by Crippen LogP contribution is 2.25. The molecule has 0 aromatic heterocycles. The van der Waals surface area contributed by atoms with Crippen LogP contribution in [0.25, 0.3) is 10.8 Å². The smallest absolute Gasteiger partial charge is 0.262 e. The first-order valence-corrected chi connectivity index (χ1v) is 7.42. The highest BCUT2D eigenvalue weighted by atomic mass is 35.5. The summed E-state index contributed by atoms with van der Waals surface area (Å²) >= 11 is 0. The second kappa shape index (κ2) is 7.32. The molecule has 4 nitrogen and oxygen atoms in total. The molecule has 1 saturated heterocycles. The molecular weight excluding hydrogens is 338 g/mol. The minimum absolute atomic E-state index is 0. The number of ether oxygens (including phenoxy) is 1. The standard InChI is InChI=1S/C17H18F2N2O2.ClH/c1-23-14-5-4-12-6-11(2-3-13(12)7-14)9-20-16(22)15-8-17(18,19)10-21-15;/h2-7,15,21H,8-10H2,1H3,(H,20,22);1H. The van der Waals surface area contributed by atoms with E-state index in [0.717, 1.165) is 22.1 Å². The van der Waals surface area contributed by atoms with E-state index >= 15 is 0 Å². The van der Waals surface area contributed by atoms with Gasteiger partial charge in [0.05, 0.1) is 19.7 Å². The summed E-state index contributed by atoms with van der Waals surface area (Å²) in [6.07, 6.45) is -0.448. The van der Waals surface area contributed by atoms with Crippen LogP contribution in [0.3, 0.4) is 0 Å². The third-order valence-electron chi connectivity index (χ3n) is 4.00. The van der Waals surface area contributed by atoms with Crippen LogP contribution in [0, 0.1) is 0 Å². The molecule has 2 N–H and O–H groups in total. The van der Waals surface area contributed by atoms with E-state index in [4.69, 9.17) is 4.74 Å². The lowest BCUT2D eigenvalue weighted by Gasteiger charge is -2.12. The van der Waals surface area contributed by atoms with Crippen LogP contribution in [-0.2, 0) is 11.3 Å². The summed E-state index contributed by atoms with van der Waals surface area (Å²) in [5.74, 6) is -2.41. The van der Waals surface area contributed by atoms with Crippen molar-refractivity contribution in [3.63, 3.8) is 0 Å². The van der Waals surface area contributed by atoms with Crippen LogP contribution in [0.5, 0.6) is 5.75 Å². The predicted octanol–water partition coefficient (Wildman–Crippen LogP) is 2.88. The number of hydrogen-bond acceptors (Lipinski definition) is 3. The number of methoxy groups -OCH3 is 1. The average Bonchev–Trinajstić information content (AvgIpc) is 2.92. The number of carbonyl (C=O) groups is 1. The molecule has 1 aliphatic rings. The van der Waals surface area contributed by atoms with Gasteiger partial charge in [-0.1, -0.05) is 18.2 Å². The van der Waals surface area contributed by atoms with Crippen LogP contribution in [0.15, 0.2) is 36.4 Å². The summed E-state index contributed by atoms with van der Waals surface area (Å²) < 4.78 is 31.4. The van der Waals surface area contributed by atoms with Crippen molar-refractivity contribution < 1.29 is 18.3 Å². The fraction of sp³-hybridized carbons (Fsp3) is 0.353. The Kier molecular flexibility index (Phi) is 5.62. The molecule has 1 amide bonds. The van der Waals surface area contributed by atoms with Crippen molar-refractivity contribution in [2.45, 2.75) is 24.9 Å². The first-order chi connectivity index (χ1) is 11.0. The van der Waals surface area contributed by atoms with Crippen LogP contribution < -0.4 is 15.4 Å². The third kappa shape index (κ3) is 4.13. The van der Waals surface area contributed by atoms with Gasteiger partial charge in [-0.3, -0.25) is 10.1 Å². The van der Waals surface area contributed by atoms with E-state index in [0.29, 0.717) is 6.54 Å². The van der Waals surface area contributed by atoms with E-state index in [1.807, 2.05) is 36.4 Å². The van der Waals surface area contributed by atoms with Gasteiger partial charge in [-0.15, -0.1) is 12.4 Å². The van der Waals surface area contributed by atoms with Crippen molar-refractivity contribution in [3.05, 3.63) is 42.0 Å². The number of carbonyl (C=O) groups excluding carboxylic acids is 1. The molecule has 0 saturated carbocycles. The number of fused-ring (bicyclic) bond motifs is 1. The summed E-state index contributed by atoms with van der Waals surface area (Å²) in [7, 11) is 1.62. The number of amides is 1. The van der Waals surface area contributed by atoms with E-state index in [2.05, 4.69) is 10.6 Å². The van der Waals surface area contributed by atoms with Gasteiger partial charge in [-0.05, 0) is 34.5 Å². The maximum atomic E-state index is 13.1. The molecule has 0 aliphatic carbocycles. The molecule has 1 atom stereocenters. The van der Waals surface area contributed by atoms with Gasteiger partial charge in [0.25, 0.3) is 5.92 Å². The Balaban J connectivity index is 0.00000208. The Hall–Kier alpha value is -1.92. The SMILES string of the molecule is COc1ccc2cc(CNC(=O)C3CC(F)(F)CN3)ccc2c1.Cl. The molecule has 1 unspecified atom stereocenters. The van der Waals surface area contributed by atoms with Crippen LogP contribution in [-0.4, -0.2) is 31.5 Å². The molecule has 2 aromatic carbocycles. The van der Waals surface area contributed by atoms with Gasteiger partial charge >= 0.3 is 0 Å². The summed E-state index contributed by atoms with van der Waals surface area (Å²) in [5, 5.41) is 7.32. The Bertz CT molecular complexity index is 740. The molecule has 3 rings (SSSR count). The average molecular weight is 357 g/mol. The van der Waals surface area contributed by atoms with Crippen LogP contribution >= 0.6 is 12.4 Å². The molecule has 0 bridgehead atoms. The zero-order chi connectivity index (χ0) is 16.4. The van der Waals surface area contributed by atoms with Gasteiger partial charge < -0.3 is 10.1 Å². The quantitative estimate of drug-likeness (QED) is 0.885. The predicted molar refractivity (Wildman–Crippen MR) is 90.9 cm³/mol. The number of nitrogens with one attached hydrogen (secondary N) is 2. The van der Waals surface area contributed by atoms with Gasteiger partial charge in [0.1, 0.15) is 5.75 Å². The van der Waals surface area contributed by atoms with Crippen molar-refractivity contribution in [3.8, 4) is 5.75 Å². The molecule has 1 heterocycles. The van der Waals surface area contributed by atoms with Crippen molar-refractivity contribution >= 4 is 29.1 Å². The van der Waals surface area contributed by atoms with Crippen LogP contribution in [0.4, 0.5) is 8.78 Å². The molecule has 130 valence electrons. The fourth-order valence-corrected chi connectivity index (χ4v) is 2.72. The zero-order valence-corrected chi connectivity index (χ0v) is 14.0. The van der Waals surface area contributed by atoms with Gasteiger partial charge in [0, 0.05) is 13.0 Å². The number of benzene rings is 2. The monoisotopic (exact) mass is 356 g/mol. The lowest BCUT2D eigenvalue weighted by molar-refractivity contribution is -0.123. The normalized spacial score (nSPS) is 18.9. The highest BCUT2D eigenvalue weighted by Gasteiger charge is 2.42. The molecule has 0 spiro atoms. The Morgan fingerprint density at radius 1 is 1.29 bits per heavy atom. The number of rotatable bonds is 4. The molecule has 1 fully saturated rings. The Morgan fingerprint density at radius 3 is 2.67 bits per heavy atom. The topological polar surface area (TPSA) is 50.4 Å². The summed E-state index contributed by atoms with van der Waals surface area (Å²) in [6.45, 7) is -0.131. The highest BCUT2D eigenvalue weighted by molar-refractivity contribution is 5.86. The number of hydrogen-bond donors (Lipinski definition) is 2. The second-order valence-electron chi connectivity index (χ2n) is 5.76. The molecule has 1 aliphatic heterocycles. The largest absolute Gasteiger partial charge is 0.497 e. The van der Waals surface area contributed by atoms with Crippen molar-refractivity contribution in [2.75, 3.05) is 13.7 Å². The van der Waals surface area contributed by atoms with E-state index in [1.165, 1.54) is 0 Å². The Labute approximate surface area is 145 Å². The molecular formula is C17H19ClF2N2O2. The van der Waals surface area contributed by atoms with E-state index in [1.54, 1.807) is 7.11 Å². The second-order valence-corrected chi connectivity index (χ2v) is 5.76.